The number of ether oxygens (including phenoxy) is 3. The number of nitrogens with one attached hydrogen (secondary N) is 2. The van der Waals surface area contributed by atoms with Crippen LogP contribution in [0.2, 0.25) is 0 Å². The van der Waals surface area contributed by atoms with E-state index in [4.69, 9.17) is 14.2 Å². The van der Waals surface area contributed by atoms with E-state index in [2.05, 4.69) is 10.9 Å². The molecule has 0 aliphatic carbocycles. The highest BCUT2D eigenvalue weighted by Gasteiger charge is 2.09. The van der Waals surface area contributed by atoms with Gasteiger partial charge in [-0.15, -0.1) is 0 Å². The summed E-state index contributed by atoms with van der Waals surface area (Å²) in [4.78, 5) is 23.6. The third-order valence-electron chi connectivity index (χ3n) is 3.08. The second-order valence-electron chi connectivity index (χ2n) is 4.70. The predicted octanol–water partition coefficient (Wildman–Crippen LogP) is 1.54. The van der Waals surface area contributed by atoms with Gasteiger partial charge in [-0.1, -0.05) is 6.07 Å². The van der Waals surface area contributed by atoms with Crippen LogP contribution in [0.1, 0.15) is 10.4 Å². The summed E-state index contributed by atoms with van der Waals surface area (Å²) in [6.07, 6.45) is 0. The molecule has 0 aliphatic rings. The molecular weight excluding hydrogens is 312 g/mol. The highest BCUT2D eigenvalue weighted by molar-refractivity contribution is 5.95. The van der Waals surface area contributed by atoms with Crippen LogP contribution in [0.5, 0.6) is 17.2 Å². The maximum absolute atomic E-state index is 11.9. The summed E-state index contributed by atoms with van der Waals surface area (Å²) >= 11 is 0. The van der Waals surface area contributed by atoms with Crippen LogP contribution in [0.25, 0.3) is 0 Å². The summed E-state index contributed by atoms with van der Waals surface area (Å²) in [5.74, 6) is 0.827. The summed E-state index contributed by atoms with van der Waals surface area (Å²) in [6.45, 7) is -0.231. The van der Waals surface area contributed by atoms with Crippen LogP contribution >= 0.6 is 0 Å². The molecule has 0 aliphatic heterocycles. The van der Waals surface area contributed by atoms with E-state index >= 15 is 0 Å². The SMILES string of the molecule is COc1ccc(OCC(=O)NNC(=O)c2cccc(OC)c2)cc1. The first-order valence-corrected chi connectivity index (χ1v) is 7.12. The Morgan fingerprint density at radius 3 is 2.21 bits per heavy atom. The number of hydrazine groups is 1. The quantitative estimate of drug-likeness (QED) is 0.785. The molecule has 0 unspecified atom stereocenters. The number of carbonyl (C=O) groups is 2. The Morgan fingerprint density at radius 2 is 1.54 bits per heavy atom. The van der Waals surface area contributed by atoms with Crippen molar-refractivity contribution in [1.82, 2.24) is 10.9 Å². The first kappa shape index (κ1) is 17.1. The van der Waals surface area contributed by atoms with Crippen LogP contribution in [0, 0.1) is 0 Å². The molecule has 0 aromatic heterocycles. The van der Waals surface area contributed by atoms with Crippen LogP contribution in [0.4, 0.5) is 0 Å². The molecule has 2 N–H and O–H groups in total. The maximum Gasteiger partial charge on any atom is 0.276 e. The van der Waals surface area contributed by atoms with Gasteiger partial charge in [0.1, 0.15) is 17.2 Å². The first-order valence-electron chi connectivity index (χ1n) is 7.12. The average Bonchev–Trinajstić information content (AvgIpc) is 2.64. The third kappa shape index (κ3) is 4.91. The average molecular weight is 330 g/mol. The standard InChI is InChI=1S/C17H18N2O5/c1-22-13-6-8-14(9-7-13)24-11-16(20)18-19-17(21)12-4-3-5-15(10-12)23-2/h3-10H,11H2,1-2H3,(H,18,20)(H,19,21). The predicted molar refractivity (Wildman–Crippen MR) is 87.1 cm³/mol. The van der Waals surface area contributed by atoms with Gasteiger partial charge in [0, 0.05) is 5.56 Å². The molecular formula is C17H18N2O5. The molecule has 7 nitrogen and oxygen atoms in total. The summed E-state index contributed by atoms with van der Waals surface area (Å²) in [5.41, 5.74) is 4.96. The van der Waals surface area contributed by atoms with E-state index in [1.165, 1.54) is 7.11 Å². The van der Waals surface area contributed by atoms with Gasteiger partial charge in [0.05, 0.1) is 14.2 Å². The Labute approximate surface area is 139 Å². The van der Waals surface area contributed by atoms with Crippen LogP contribution in [0.3, 0.4) is 0 Å². The second-order valence-corrected chi connectivity index (χ2v) is 4.70. The smallest absolute Gasteiger partial charge is 0.276 e. The summed E-state index contributed by atoms with van der Waals surface area (Å²) in [6, 6.07) is 13.4. The molecule has 2 rings (SSSR count). The normalized spacial score (nSPS) is 9.75. The number of carbonyl (C=O) groups excluding carboxylic acids is 2. The Bertz CT molecular complexity index is 700. The van der Waals surface area contributed by atoms with Crippen molar-refractivity contribution in [1.29, 1.82) is 0 Å². The monoisotopic (exact) mass is 330 g/mol. The fourth-order valence-electron chi connectivity index (χ4n) is 1.82. The van der Waals surface area contributed by atoms with Crippen molar-refractivity contribution in [3.63, 3.8) is 0 Å². The highest BCUT2D eigenvalue weighted by atomic mass is 16.5. The zero-order valence-electron chi connectivity index (χ0n) is 13.4. The topological polar surface area (TPSA) is 85.9 Å². The molecule has 2 aromatic carbocycles. The number of methoxy groups -OCH3 is 2. The molecule has 2 amide bonds. The van der Waals surface area contributed by atoms with Crippen molar-refractivity contribution in [2.45, 2.75) is 0 Å². The molecule has 0 saturated carbocycles. The minimum absolute atomic E-state index is 0.231. The van der Waals surface area contributed by atoms with Gasteiger partial charge in [-0.05, 0) is 42.5 Å². The lowest BCUT2D eigenvalue weighted by Gasteiger charge is -2.09. The van der Waals surface area contributed by atoms with E-state index in [1.807, 2.05) is 0 Å². The van der Waals surface area contributed by atoms with Gasteiger partial charge in [-0.2, -0.15) is 0 Å². The van der Waals surface area contributed by atoms with E-state index in [0.717, 1.165) is 0 Å². The molecule has 0 bridgehead atoms. The molecule has 0 heterocycles. The minimum Gasteiger partial charge on any atom is -0.497 e. The zero-order chi connectivity index (χ0) is 17.4. The summed E-state index contributed by atoms with van der Waals surface area (Å²) in [5, 5.41) is 0. The van der Waals surface area contributed by atoms with Gasteiger partial charge in [0.25, 0.3) is 11.8 Å². The van der Waals surface area contributed by atoms with Crippen molar-refractivity contribution >= 4 is 11.8 Å². The molecule has 7 heteroatoms. The molecule has 0 fully saturated rings. The number of rotatable bonds is 6. The van der Waals surface area contributed by atoms with Crippen LogP contribution in [-0.4, -0.2) is 32.6 Å². The molecule has 0 atom stereocenters. The van der Waals surface area contributed by atoms with E-state index in [-0.39, 0.29) is 6.61 Å². The number of hydrogen-bond acceptors (Lipinski definition) is 5. The lowest BCUT2D eigenvalue weighted by atomic mass is 10.2. The zero-order valence-corrected chi connectivity index (χ0v) is 13.4. The Kier molecular flexibility index (Phi) is 6.01. The molecule has 24 heavy (non-hydrogen) atoms. The minimum atomic E-state index is -0.484. The Morgan fingerprint density at radius 1 is 0.875 bits per heavy atom. The molecule has 2 aromatic rings. The van der Waals surface area contributed by atoms with Gasteiger partial charge in [0.15, 0.2) is 6.61 Å². The van der Waals surface area contributed by atoms with Gasteiger partial charge >= 0.3 is 0 Å². The fourth-order valence-corrected chi connectivity index (χ4v) is 1.82. The van der Waals surface area contributed by atoms with Crippen LogP contribution < -0.4 is 25.1 Å². The van der Waals surface area contributed by atoms with Crippen LogP contribution in [-0.2, 0) is 4.79 Å². The lowest BCUT2D eigenvalue weighted by molar-refractivity contribution is -0.123. The lowest BCUT2D eigenvalue weighted by Crippen LogP contribution is -2.43. The molecule has 126 valence electrons. The second kappa shape index (κ2) is 8.42. The van der Waals surface area contributed by atoms with Gasteiger partial charge in [-0.3, -0.25) is 20.4 Å². The van der Waals surface area contributed by atoms with E-state index in [0.29, 0.717) is 22.8 Å². The van der Waals surface area contributed by atoms with Crippen molar-refractivity contribution in [3.8, 4) is 17.2 Å². The number of amides is 2. The first-order chi connectivity index (χ1) is 11.6. The number of benzene rings is 2. The largest absolute Gasteiger partial charge is 0.497 e. The van der Waals surface area contributed by atoms with Crippen molar-refractivity contribution in [2.75, 3.05) is 20.8 Å². The van der Waals surface area contributed by atoms with Crippen LogP contribution in [0.15, 0.2) is 48.5 Å². The third-order valence-corrected chi connectivity index (χ3v) is 3.08. The van der Waals surface area contributed by atoms with Gasteiger partial charge in [-0.25, -0.2) is 0 Å². The van der Waals surface area contributed by atoms with E-state index < -0.39 is 11.8 Å². The Balaban J connectivity index is 1.78. The molecule has 0 saturated heterocycles. The summed E-state index contributed by atoms with van der Waals surface area (Å²) in [7, 11) is 3.07. The van der Waals surface area contributed by atoms with E-state index in [9.17, 15) is 9.59 Å². The maximum atomic E-state index is 11.9. The number of hydrogen-bond donors (Lipinski definition) is 2. The van der Waals surface area contributed by atoms with Crippen molar-refractivity contribution < 1.29 is 23.8 Å². The van der Waals surface area contributed by atoms with Gasteiger partial charge in [0.2, 0.25) is 0 Å². The highest BCUT2D eigenvalue weighted by Crippen LogP contribution is 2.16. The van der Waals surface area contributed by atoms with Crippen molar-refractivity contribution in [2.24, 2.45) is 0 Å². The fraction of sp³-hybridized carbons (Fsp3) is 0.176. The summed E-state index contributed by atoms with van der Waals surface area (Å²) < 4.78 is 15.4. The van der Waals surface area contributed by atoms with Crippen molar-refractivity contribution in [3.05, 3.63) is 54.1 Å². The molecule has 0 radical (unpaired) electrons. The molecule has 0 spiro atoms. The van der Waals surface area contributed by atoms with Gasteiger partial charge < -0.3 is 14.2 Å². The van der Waals surface area contributed by atoms with E-state index in [1.54, 1.807) is 55.6 Å². The Hall–Kier alpha value is -3.22.